The van der Waals surface area contributed by atoms with Gasteiger partial charge in [-0.15, -0.1) is 0 Å². The van der Waals surface area contributed by atoms with E-state index in [1.54, 1.807) is 0 Å². The van der Waals surface area contributed by atoms with Crippen LogP contribution in [-0.4, -0.2) is 63.8 Å². The summed E-state index contributed by atoms with van der Waals surface area (Å²) < 4.78 is 0.717. The summed E-state index contributed by atoms with van der Waals surface area (Å²) in [6.45, 7) is 0.159. The molecular weight excluding hydrogens is 452 g/mol. The number of carboxylic acids is 2. The molecular formula is C17H21BrN4O7. The van der Waals surface area contributed by atoms with Gasteiger partial charge in [0.2, 0.25) is 11.8 Å². The topological polar surface area (TPSA) is 180 Å². The van der Waals surface area contributed by atoms with Crippen molar-refractivity contribution in [3.8, 4) is 0 Å². The molecule has 12 heteroatoms. The Morgan fingerprint density at radius 2 is 1.83 bits per heavy atom. The number of carbonyl (C=O) groups excluding carboxylic acids is 2. The van der Waals surface area contributed by atoms with Gasteiger partial charge in [0.15, 0.2) is 6.10 Å². The molecule has 1 aliphatic rings. The van der Waals surface area contributed by atoms with E-state index in [4.69, 9.17) is 30.4 Å². The van der Waals surface area contributed by atoms with Crippen LogP contribution in [0.25, 0.3) is 0 Å². The van der Waals surface area contributed by atoms with E-state index in [2.05, 4.69) is 31.7 Å². The highest BCUT2D eigenvalue weighted by Gasteiger charge is 2.24. The monoisotopic (exact) mass is 472 g/mol. The van der Waals surface area contributed by atoms with Crippen molar-refractivity contribution in [2.75, 3.05) is 13.1 Å². The van der Waals surface area contributed by atoms with E-state index in [1.807, 2.05) is 30.3 Å². The van der Waals surface area contributed by atoms with E-state index in [0.29, 0.717) is 24.0 Å². The molecule has 0 saturated carbocycles. The molecule has 6 N–H and O–H groups in total. The Labute approximate surface area is 174 Å². The minimum Gasteiger partial charge on any atom is -0.473 e. The van der Waals surface area contributed by atoms with Crippen LogP contribution >= 0.6 is 15.9 Å². The van der Waals surface area contributed by atoms with Crippen molar-refractivity contribution < 1.29 is 34.2 Å². The summed E-state index contributed by atoms with van der Waals surface area (Å²) in [5.41, 5.74) is 6.27. The first-order valence-electron chi connectivity index (χ1n) is 8.38. The number of nitrogens with zero attached hydrogens (tertiary/aromatic N) is 1. The van der Waals surface area contributed by atoms with Crippen LogP contribution in [0.2, 0.25) is 0 Å². The molecule has 11 nitrogen and oxygen atoms in total. The van der Waals surface area contributed by atoms with Crippen LogP contribution in [0, 0.1) is 0 Å². The molecule has 1 unspecified atom stereocenters. The van der Waals surface area contributed by atoms with Crippen molar-refractivity contribution in [2.24, 2.45) is 10.9 Å². The maximum atomic E-state index is 12.4. The first-order chi connectivity index (χ1) is 13.7. The van der Waals surface area contributed by atoms with Crippen molar-refractivity contribution in [1.82, 2.24) is 10.6 Å². The number of amides is 2. The lowest BCUT2D eigenvalue weighted by molar-refractivity contribution is -0.159. The highest BCUT2D eigenvalue weighted by Crippen LogP contribution is 2.13. The van der Waals surface area contributed by atoms with Gasteiger partial charge in [0.25, 0.3) is 0 Å². The molecule has 0 radical (unpaired) electrons. The highest BCUT2D eigenvalue weighted by molar-refractivity contribution is 9.18. The van der Waals surface area contributed by atoms with Crippen LogP contribution in [0.1, 0.15) is 12.0 Å². The summed E-state index contributed by atoms with van der Waals surface area (Å²) in [5.74, 6) is -4.29. The van der Waals surface area contributed by atoms with E-state index < -0.39 is 18.0 Å². The summed E-state index contributed by atoms with van der Waals surface area (Å²) in [6, 6.07) is 8.79. The Hall–Kier alpha value is -2.99. The molecule has 2 amide bonds. The zero-order chi connectivity index (χ0) is 21.8. The minimum atomic E-state index is -1.82. The molecule has 0 spiro atoms. The number of oxime groups is 1. The predicted octanol–water partition coefficient (Wildman–Crippen LogP) is -0.558. The van der Waals surface area contributed by atoms with E-state index in [9.17, 15) is 9.59 Å². The lowest BCUT2D eigenvalue weighted by Crippen LogP contribution is -2.50. The Kier molecular flexibility index (Phi) is 10.3. The number of aliphatic carboxylic acids is 2. The fraction of sp³-hybridized carbons (Fsp3) is 0.353. The molecule has 0 bridgehead atoms. The number of benzene rings is 1. The highest BCUT2D eigenvalue weighted by atomic mass is 79.9. The minimum absolute atomic E-state index is 0.162. The Bertz CT molecular complexity index is 745. The summed E-state index contributed by atoms with van der Waals surface area (Å²) in [5, 5.41) is 24.0. The Morgan fingerprint density at radius 1 is 1.21 bits per heavy atom. The SMILES string of the molecule is NCC(=O)N[C@@H](Cc1ccccc1)C(=O)NCC1CC(Br)=NO1.O=C(O)C(=O)O. The van der Waals surface area contributed by atoms with Crippen molar-refractivity contribution in [3.63, 3.8) is 0 Å². The van der Waals surface area contributed by atoms with E-state index in [0.717, 1.165) is 5.56 Å². The predicted molar refractivity (Wildman–Crippen MR) is 105 cm³/mol. The number of nitrogens with two attached hydrogens (primary N) is 1. The summed E-state index contributed by atoms with van der Waals surface area (Å²) >= 11 is 3.24. The average Bonchev–Trinajstić information content (AvgIpc) is 3.11. The fourth-order valence-corrected chi connectivity index (χ4v) is 2.60. The molecule has 1 aromatic rings. The molecule has 158 valence electrons. The number of nitrogens with one attached hydrogen (secondary N) is 2. The number of carbonyl (C=O) groups is 4. The van der Waals surface area contributed by atoms with Gasteiger partial charge < -0.3 is 31.4 Å². The number of hydrogen-bond acceptors (Lipinski definition) is 7. The van der Waals surface area contributed by atoms with Crippen molar-refractivity contribution in [3.05, 3.63) is 35.9 Å². The van der Waals surface area contributed by atoms with Gasteiger partial charge in [-0.3, -0.25) is 9.59 Å². The lowest BCUT2D eigenvalue weighted by Gasteiger charge is -2.19. The van der Waals surface area contributed by atoms with Crippen LogP contribution < -0.4 is 16.4 Å². The second-order valence-electron chi connectivity index (χ2n) is 5.77. The summed E-state index contributed by atoms with van der Waals surface area (Å²) in [6.07, 6.45) is 0.805. The molecule has 1 aliphatic heterocycles. The van der Waals surface area contributed by atoms with Crippen LogP contribution in [0.4, 0.5) is 0 Å². The van der Waals surface area contributed by atoms with Crippen molar-refractivity contribution in [2.45, 2.75) is 25.0 Å². The zero-order valence-electron chi connectivity index (χ0n) is 15.2. The number of hydrogen-bond donors (Lipinski definition) is 5. The van der Waals surface area contributed by atoms with Crippen LogP contribution in [0.15, 0.2) is 35.5 Å². The Morgan fingerprint density at radius 3 is 2.31 bits per heavy atom. The molecule has 1 heterocycles. The molecule has 1 aromatic carbocycles. The third kappa shape index (κ3) is 9.67. The maximum absolute atomic E-state index is 12.4. The second-order valence-corrected chi connectivity index (χ2v) is 6.68. The lowest BCUT2D eigenvalue weighted by atomic mass is 10.1. The van der Waals surface area contributed by atoms with Gasteiger partial charge in [-0.05, 0) is 21.5 Å². The van der Waals surface area contributed by atoms with Gasteiger partial charge in [-0.25, -0.2) is 9.59 Å². The van der Waals surface area contributed by atoms with E-state index in [1.165, 1.54) is 0 Å². The van der Waals surface area contributed by atoms with Gasteiger partial charge in [-0.1, -0.05) is 35.5 Å². The van der Waals surface area contributed by atoms with Gasteiger partial charge in [0.1, 0.15) is 10.7 Å². The number of rotatable bonds is 7. The van der Waals surface area contributed by atoms with E-state index in [-0.39, 0.29) is 24.5 Å². The molecule has 0 saturated heterocycles. The fourth-order valence-electron chi connectivity index (χ4n) is 2.15. The quantitative estimate of drug-likeness (QED) is 0.327. The van der Waals surface area contributed by atoms with Gasteiger partial charge in [0.05, 0.1) is 13.1 Å². The number of carboxylic acid groups (broad SMARTS) is 2. The zero-order valence-corrected chi connectivity index (χ0v) is 16.8. The molecule has 0 aliphatic carbocycles. The molecule has 0 aromatic heterocycles. The van der Waals surface area contributed by atoms with Crippen molar-refractivity contribution >= 4 is 44.3 Å². The normalized spacial score (nSPS) is 15.7. The number of halogens is 1. The largest absolute Gasteiger partial charge is 0.473 e. The third-order valence-corrected chi connectivity index (χ3v) is 3.97. The van der Waals surface area contributed by atoms with Crippen LogP contribution in [-0.2, 0) is 30.4 Å². The molecule has 29 heavy (non-hydrogen) atoms. The van der Waals surface area contributed by atoms with Gasteiger partial charge >= 0.3 is 11.9 Å². The molecule has 2 rings (SSSR count). The Balaban J connectivity index is 0.000000612. The molecule has 2 atom stereocenters. The van der Waals surface area contributed by atoms with Crippen LogP contribution in [0.5, 0.6) is 0 Å². The average molecular weight is 473 g/mol. The second kappa shape index (κ2) is 12.5. The van der Waals surface area contributed by atoms with Crippen molar-refractivity contribution in [1.29, 1.82) is 0 Å². The maximum Gasteiger partial charge on any atom is 0.414 e. The molecule has 0 fully saturated rings. The smallest absolute Gasteiger partial charge is 0.414 e. The van der Waals surface area contributed by atoms with Gasteiger partial charge in [-0.2, -0.15) is 0 Å². The van der Waals surface area contributed by atoms with E-state index >= 15 is 0 Å². The first-order valence-corrected chi connectivity index (χ1v) is 9.17. The first kappa shape index (κ1) is 24.0. The third-order valence-electron chi connectivity index (χ3n) is 3.50. The van der Waals surface area contributed by atoms with Crippen LogP contribution in [0.3, 0.4) is 0 Å². The van der Waals surface area contributed by atoms with Gasteiger partial charge in [0, 0.05) is 12.8 Å². The summed E-state index contributed by atoms with van der Waals surface area (Å²) in [4.78, 5) is 47.3. The summed E-state index contributed by atoms with van der Waals surface area (Å²) in [7, 11) is 0. The standard InChI is InChI=1S/C15H19BrN4O3.C2H2O4/c16-13-7-11(23-20-13)9-18-15(22)12(19-14(21)8-17)6-10-4-2-1-3-5-10;3-1(4)2(5)6/h1-5,11-12H,6-9,17H2,(H,18,22)(H,19,21);(H,3,4)(H,5,6)/t11?,12-;/m0./s1.